The van der Waals surface area contributed by atoms with Gasteiger partial charge in [0.2, 0.25) is 0 Å². The minimum absolute atomic E-state index is 0.102. The van der Waals surface area contributed by atoms with Crippen molar-refractivity contribution in [2.45, 2.75) is 25.7 Å². The number of nitrogens with zero attached hydrogens (tertiary/aromatic N) is 2. The zero-order valence-corrected chi connectivity index (χ0v) is 16.5. The number of para-hydroxylation sites is 1. The van der Waals surface area contributed by atoms with Crippen LogP contribution in [-0.2, 0) is 15.0 Å². The lowest BCUT2D eigenvalue weighted by Gasteiger charge is -2.23. The number of carboxylic acid groups (broad SMARTS) is 1. The lowest BCUT2D eigenvalue weighted by atomic mass is 9.84. The summed E-state index contributed by atoms with van der Waals surface area (Å²) in [6, 6.07) is 8.26. The molecule has 2 heterocycles. The number of carboxylic acids is 1. The third-order valence-electron chi connectivity index (χ3n) is 4.76. The standard InChI is InChI=1S/C19H20N2O3S2/c1-19(2)12-6-4-5-7-13(12)20(3)15(19)9-8-14-17(24)21(18(25)26-14)11-10-16(22)23/h4-9H,10-11H2,1-3H3,(H,22,23). The van der Waals surface area contributed by atoms with E-state index in [4.69, 9.17) is 17.3 Å². The molecule has 0 aliphatic carbocycles. The molecular weight excluding hydrogens is 368 g/mol. The Hall–Kier alpha value is -2.12. The molecule has 0 atom stereocenters. The van der Waals surface area contributed by atoms with E-state index in [2.05, 4.69) is 30.9 Å². The van der Waals surface area contributed by atoms with Crippen LogP contribution in [0.5, 0.6) is 0 Å². The van der Waals surface area contributed by atoms with Crippen molar-refractivity contribution >= 4 is 45.9 Å². The molecule has 5 nitrogen and oxygen atoms in total. The highest BCUT2D eigenvalue weighted by molar-refractivity contribution is 8.26. The van der Waals surface area contributed by atoms with Crippen LogP contribution in [0.1, 0.15) is 25.8 Å². The molecule has 1 amide bonds. The Balaban J connectivity index is 1.87. The van der Waals surface area contributed by atoms with Gasteiger partial charge < -0.3 is 10.0 Å². The summed E-state index contributed by atoms with van der Waals surface area (Å²) < 4.78 is 0.406. The number of amides is 1. The number of allylic oxidation sites excluding steroid dienone is 3. The Morgan fingerprint density at radius 2 is 2.00 bits per heavy atom. The number of likely N-dealkylation sites (N-methyl/N-ethyl adjacent to an activating group) is 1. The van der Waals surface area contributed by atoms with Crippen LogP contribution in [0.25, 0.3) is 0 Å². The largest absolute Gasteiger partial charge is 0.481 e. The fourth-order valence-electron chi connectivity index (χ4n) is 3.37. The Labute approximate surface area is 162 Å². The second-order valence-corrected chi connectivity index (χ2v) is 8.43. The summed E-state index contributed by atoms with van der Waals surface area (Å²) in [6.07, 6.45) is 3.63. The SMILES string of the molecule is CN1C(=CC=C2SC(=S)N(CCC(=O)O)C2=O)C(C)(C)c2ccccc21. The fourth-order valence-corrected chi connectivity index (χ4v) is 4.62. The molecular formula is C19H20N2O3S2. The number of rotatable bonds is 4. The first kappa shape index (κ1) is 18.7. The minimum Gasteiger partial charge on any atom is -0.481 e. The summed E-state index contributed by atoms with van der Waals surface area (Å²) in [5.74, 6) is -1.17. The van der Waals surface area contributed by atoms with Gasteiger partial charge in [0.25, 0.3) is 5.91 Å². The summed E-state index contributed by atoms with van der Waals surface area (Å²) in [7, 11) is 2.02. The second kappa shape index (κ2) is 6.89. The summed E-state index contributed by atoms with van der Waals surface area (Å²) >= 11 is 6.44. The van der Waals surface area contributed by atoms with E-state index in [1.807, 2.05) is 25.3 Å². The normalized spacial score (nSPS) is 21.8. The van der Waals surface area contributed by atoms with E-state index in [1.54, 1.807) is 6.08 Å². The van der Waals surface area contributed by atoms with Gasteiger partial charge in [-0.05, 0) is 23.8 Å². The Morgan fingerprint density at radius 1 is 1.31 bits per heavy atom. The van der Waals surface area contributed by atoms with E-state index in [0.717, 1.165) is 11.4 Å². The van der Waals surface area contributed by atoms with Crippen LogP contribution in [-0.4, -0.2) is 39.8 Å². The van der Waals surface area contributed by atoms with Gasteiger partial charge in [-0.3, -0.25) is 14.5 Å². The maximum absolute atomic E-state index is 12.5. The van der Waals surface area contributed by atoms with E-state index in [-0.39, 0.29) is 24.3 Å². The van der Waals surface area contributed by atoms with E-state index >= 15 is 0 Å². The van der Waals surface area contributed by atoms with Crippen molar-refractivity contribution < 1.29 is 14.7 Å². The molecule has 0 saturated carbocycles. The molecule has 0 spiro atoms. The van der Waals surface area contributed by atoms with Crippen LogP contribution in [0.4, 0.5) is 5.69 Å². The summed E-state index contributed by atoms with van der Waals surface area (Å²) in [6.45, 7) is 4.42. The number of carbonyl (C=O) groups excluding carboxylic acids is 1. The third kappa shape index (κ3) is 3.17. The van der Waals surface area contributed by atoms with Crippen molar-refractivity contribution in [1.29, 1.82) is 0 Å². The van der Waals surface area contributed by atoms with Gasteiger partial charge in [0.15, 0.2) is 0 Å². The number of hydrogen-bond donors (Lipinski definition) is 1. The minimum atomic E-state index is -0.947. The number of hydrogen-bond acceptors (Lipinski definition) is 5. The number of fused-ring (bicyclic) bond motifs is 1. The molecule has 1 fully saturated rings. The predicted molar refractivity (Wildman–Crippen MR) is 108 cm³/mol. The van der Waals surface area contributed by atoms with Crippen molar-refractivity contribution in [2.75, 3.05) is 18.5 Å². The Bertz CT molecular complexity index is 858. The van der Waals surface area contributed by atoms with Gasteiger partial charge in [-0.15, -0.1) is 0 Å². The molecule has 1 aromatic carbocycles. The van der Waals surface area contributed by atoms with Gasteiger partial charge in [-0.25, -0.2) is 0 Å². The zero-order valence-electron chi connectivity index (χ0n) is 14.9. The maximum Gasteiger partial charge on any atom is 0.305 e. The van der Waals surface area contributed by atoms with E-state index in [1.165, 1.54) is 22.2 Å². The quantitative estimate of drug-likeness (QED) is 0.629. The fraction of sp³-hybridized carbons (Fsp3) is 0.316. The second-order valence-electron chi connectivity index (χ2n) is 6.75. The molecule has 1 N–H and O–H groups in total. The van der Waals surface area contributed by atoms with Crippen LogP contribution in [0.15, 0.2) is 47.0 Å². The maximum atomic E-state index is 12.5. The molecule has 2 aliphatic heterocycles. The summed E-state index contributed by atoms with van der Waals surface area (Å²) in [5.41, 5.74) is 3.33. The first-order valence-electron chi connectivity index (χ1n) is 8.24. The topological polar surface area (TPSA) is 60.9 Å². The molecule has 3 rings (SSSR count). The van der Waals surface area contributed by atoms with Gasteiger partial charge in [0.1, 0.15) is 4.32 Å². The van der Waals surface area contributed by atoms with Gasteiger partial charge in [-0.2, -0.15) is 0 Å². The van der Waals surface area contributed by atoms with Gasteiger partial charge in [-0.1, -0.05) is 56.0 Å². The van der Waals surface area contributed by atoms with E-state index < -0.39 is 5.97 Å². The average Bonchev–Trinajstić information content (AvgIpc) is 2.96. The molecule has 2 aliphatic rings. The lowest BCUT2D eigenvalue weighted by molar-refractivity contribution is -0.137. The van der Waals surface area contributed by atoms with E-state index in [0.29, 0.717) is 9.23 Å². The van der Waals surface area contributed by atoms with Gasteiger partial charge in [0, 0.05) is 30.4 Å². The summed E-state index contributed by atoms with van der Waals surface area (Å²) in [4.78, 5) is 27.3. The van der Waals surface area contributed by atoms with Crippen molar-refractivity contribution in [2.24, 2.45) is 0 Å². The van der Waals surface area contributed by atoms with Crippen molar-refractivity contribution in [1.82, 2.24) is 4.90 Å². The monoisotopic (exact) mass is 388 g/mol. The number of benzene rings is 1. The van der Waals surface area contributed by atoms with Crippen molar-refractivity contribution in [3.05, 3.63) is 52.6 Å². The first-order valence-corrected chi connectivity index (χ1v) is 9.47. The molecule has 7 heteroatoms. The smallest absolute Gasteiger partial charge is 0.305 e. The highest BCUT2D eigenvalue weighted by atomic mass is 32.2. The van der Waals surface area contributed by atoms with Crippen molar-refractivity contribution in [3.8, 4) is 0 Å². The number of anilines is 1. The summed E-state index contributed by atoms with van der Waals surface area (Å²) in [5, 5.41) is 8.81. The van der Waals surface area contributed by atoms with E-state index in [9.17, 15) is 9.59 Å². The highest BCUT2D eigenvalue weighted by Gasteiger charge is 2.38. The average molecular weight is 389 g/mol. The van der Waals surface area contributed by atoms with Crippen LogP contribution in [0, 0.1) is 0 Å². The number of carbonyl (C=O) groups is 2. The molecule has 0 aromatic heterocycles. The highest BCUT2D eigenvalue weighted by Crippen LogP contribution is 2.46. The molecule has 136 valence electrons. The predicted octanol–water partition coefficient (Wildman–Crippen LogP) is 3.52. The van der Waals surface area contributed by atoms with Gasteiger partial charge in [0.05, 0.1) is 11.3 Å². The van der Waals surface area contributed by atoms with Crippen LogP contribution in [0.2, 0.25) is 0 Å². The number of thiocarbonyl (C=S) groups is 1. The number of thioether (sulfide) groups is 1. The van der Waals surface area contributed by atoms with Gasteiger partial charge >= 0.3 is 5.97 Å². The zero-order chi connectivity index (χ0) is 19.1. The molecule has 0 unspecified atom stereocenters. The third-order valence-corrected chi connectivity index (χ3v) is 6.15. The molecule has 1 saturated heterocycles. The molecule has 0 bridgehead atoms. The number of aliphatic carboxylic acids is 1. The molecule has 26 heavy (non-hydrogen) atoms. The lowest BCUT2D eigenvalue weighted by Crippen LogP contribution is -2.30. The molecule has 0 radical (unpaired) electrons. The van der Waals surface area contributed by atoms with Crippen LogP contribution < -0.4 is 4.90 Å². The van der Waals surface area contributed by atoms with Crippen LogP contribution >= 0.6 is 24.0 Å². The first-order chi connectivity index (χ1) is 12.2. The molecule has 1 aromatic rings. The van der Waals surface area contributed by atoms with Crippen molar-refractivity contribution in [3.63, 3.8) is 0 Å². The van der Waals surface area contributed by atoms with Crippen LogP contribution in [0.3, 0.4) is 0 Å². The Kier molecular flexibility index (Phi) is 4.94. The Morgan fingerprint density at radius 3 is 2.65 bits per heavy atom.